The van der Waals surface area contributed by atoms with Crippen molar-refractivity contribution in [2.45, 2.75) is 19.5 Å². The van der Waals surface area contributed by atoms with Gasteiger partial charge in [0.05, 0.1) is 0 Å². The Balaban J connectivity index is 0. The summed E-state index contributed by atoms with van der Waals surface area (Å²) in [4.78, 5) is 1.82. The summed E-state index contributed by atoms with van der Waals surface area (Å²) in [5.74, 6) is -1.31. The average Bonchev–Trinajstić information content (AvgIpc) is 1.85. The minimum Gasteiger partial charge on any atom is -1.00 e. The molecule has 0 saturated carbocycles. The van der Waals surface area contributed by atoms with Crippen molar-refractivity contribution in [2.24, 2.45) is 5.73 Å². The monoisotopic (exact) mass is 236 g/mol. The smallest absolute Gasteiger partial charge is 0.494 e. The fourth-order valence-corrected chi connectivity index (χ4v) is 0.686. The van der Waals surface area contributed by atoms with Crippen molar-refractivity contribution in [3.8, 4) is 0 Å². The highest BCUT2D eigenvalue weighted by molar-refractivity contribution is 6.27. The van der Waals surface area contributed by atoms with Crippen LogP contribution < -0.4 is 23.1 Å². The maximum atomic E-state index is 11.7. The normalized spacial score (nSPS) is 13.9. The van der Waals surface area contributed by atoms with E-state index >= 15 is 0 Å². The van der Waals surface area contributed by atoms with E-state index in [1.54, 1.807) is 6.92 Å². The zero-order valence-corrected chi connectivity index (χ0v) is 8.26. The van der Waals surface area contributed by atoms with Crippen LogP contribution in [-0.2, 0) is 0 Å². The summed E-state index contributed by atoms with van der Waals surface area (Å²) in [6.45, 7) is 1.74. The molecule has 0 aromatic heterocycles. The third-order valence-electron chi connectivity index (χ3n) is 0.943. The number of hydrogen-bond acceptors (Lipinski definition) is 0. The second kappa shape index (κ2) is 6.10. The number of allylic oxidation sites excluding steroid dienone is 1. The predicted molar refractivity (Wildman–Crippen MR) is 40.4 cm³/mol. The summed E-state index contributed by atoms with van der Waals surface area (Å²) in [6.07, 6.45) is -2.63. The van der Waals surface area contributed by atoms with Crippen LogP contribution in [0.25, 0.3) is 0 Å². The van der Waals surface area contributed by atoms with E-state index in [-0.39, 0.29) is 17.6 Å². The van der Waals surface area contributed by atoms with Crippen LogP contribution in [-0.4, -0.2) is 12.0 Å². The molecule has 0 fully saturated rings. The Morgan fingerprint density at radius 2 is 2.00 bits per heavy atom. The summed E-state index contributed by atoms with van der Waals surface area (Å²) in [5.41, 5.74) is 4.64. The van der Waals surface area contributed by atoms with E-state index in [0.29, 0.717) is 6.42 Å². The molecule has 0 unspecified atom stereocenters. The van der Waals surface area contributed by atoms with Crippen LogP contribution in [0.3, 0.4) is 0 Å². The first kappa shape index (κ1) is 15.1. The van der Waals surface area contributed by atoms with Gasteiger partial charge in [0.15, 0.2) is 5.16 Å². The molecule has 0 aliphatic rings. The summed E-state index contributed by atoms with van der Waals surface area (Å²) >= 11 is 5.33. The minimum atomic E-state index is -4.55. The van der Waals surface area contributed by atoms with Gasteiger partial charge in [-0.05, 0) is 24.1 Å². The molecule has 0 aromatic rings. The Kier molecular flexibility index (Phi) is 7.07. The third-order valence-corrected chi connectivity index (χ3v) is 1.19. The number of alkyl halides is 3. The van der Waals surface area contributed by atoms with Gasteiger partial charge in [0.1, 0.15) is 0 Å². The Morgan fingerprint density at radius 3 is 2.31 bits per heavy atom. The molecule has 13 heavy (non-hydrogen) atoms. The summed E-state index contributed by atoms with van der Waals surface area (Å²) in [7, 11) is 0. The van der Waals surface area contributed by atoms with Gasteiger partial charge in [0.25, 0.3) is 0 Å². The van der Waals surface area contributed by atoms with Crippen LogP contribution in [0.5, 0.6) is 0 Å². The Labute approximate surface area is 85.1 Å². The van der Waals surface area contributed by atoms with Crippen molar-refractivity contribution in [2.75, 3.05) is 0 Å². The molecule has 2 nitrogen and oxygen atoms in total. The first-order chi connectivity index (χ1) is 5.38. The summed E-state index contributed by atoms with van der Waals surface area (Å²) in [5, 5.41) is -0.118. The molecular formula is C6H9Cl2F3N2. The molecule has 0 spiro atoms. The van der Waals surface area contributed by atoms with Crippen LogP contribution in [0, 0.1) is 0 Å². The lowest BCUT2D eigenvalue weighted by Gasteiger charge is -1.98. The zero-order chi connectivity index (χ0) is 9.78. The Hall–Kier alpha value is -0.420. The van der Waals surface area contributed by atoms with Crippen molar-refractivity contribution < 1.29 is 30.6 Å². The molecule has 0 atom stereocenters. The molecule has 0 saturated heterocycles. The highest BCUT2D eigenvalue weighted by atomic mass is 35.5. The molecule has 0 heterocycles. The molecule has 0 aliphatic carbocycles. The molecule has 78 valence electrons. The number of amidine groups is 1. The molecule has 0 aliphatic heterocycles. The van der Waals surface area contributed by atoms with Gasteiger partial charge in [-0.15, -0.1) is 0 Å². The summed E-state index contributed by atoms with van der Waals surface area (Å²) in [6, 6.07) is 0. The Bertz CT molecular complexity index is 210. The molecule has 3 N–H and O–H groups in total. The number of nitrogens with one attached hydrogen (secondary N) is 1. The number of nitrogens with two attached hydrogens (primary N) is 1. The van der Waals surface area contributed by atoms with Crippen LogP contribution in [0.1, 0.15) is 13.3 Å². The van der Waals surface area contributed by atoms with Gasteiger partial charge in [0.2, 0.25) is 0 Å². The van der Waals surface area contributed by atoms with Gasteiger partial charge in [-0.3, -0.25) is 5.73 Å². The molecular weight excluding hydrogens is 228 g/mol. The highest BCUT2D eigenvalue weighted by Gasteiger charge is 2.39. The molecule has 0 bridgehead atoms. The summed E-state index contributed by atoms with van der Waals surface area (Å²) < 4.78 is 35.2. The van der Waals surface area contributed by atoms with Gasteiger partial charge >= 0.3 is 12.0 Å². The maximum Gasteiger partial charge on any atom is 0.494 e. The van der Waals surface area contributed by atoms with E-state index in [1.165, 1.54) is 6.08 Å². The van der Waals surface area contributed by atoms with E-state index in [1.807, 2.05) is 4.99 Å². The van der Waals surface area contributed by atoms with Crippen molar-refractivity contribution in [3.05, 3.63) is 11.2 Å². The fourth-order valence-electron chi connectivity index (χ4n) is 0.430. The standard InChI is InChI=1S/C6H8ClF3N2.ClH/c1-2-3-4(7)12-5(11)6(8,9)10;/h3H,2H2,1H3,(H2,11,12);1H/b4-3+;. The van der Waals surface area contributed by atoms with Crippen LogP contribution in [0.15, 0.2) is 11.2 Å². The number of rotatable bonds is 2. The van der Waals surface area contributed by atoms with Crippen LogP contribution in [0.2, 0.25) is 0 Å². The van der Waals surface area contributed by atoms with E-state index in [0.717, 1.165) is 0 Å². The molecule has 7 heteroatoms. The van der Waals surface area contributed by atoms with Crippen LogP contribution >= 0.6 is 11.6 Å². The minimum absolute atomic E-state index is 0. The lowest BCUT2D eigenvalue weighted by atomic mass is 10.5. The second-order valence-electron chi connectivity index (χ2n) is 2.00. The van der Waals surface area contributed by atoms with Crippen molar-refractivity contribution in [1.82, 2.24) is 0 Å². The van der Waals surface area contributed by atoms with Gasteiger partial charge in [-0.2, -0.15) is 13.2 Å². The lowest BCUT2D eigenvalue weighted by Crippen LogP contribution is -3.00. The van der Waals surface area contributed by atoms with Gasteiger partial charge < -0.3 is 12.4 Å². The topological polar surface area (TPSA) is 40.0 Å². The zero-order valence-electron chi connectivity index (χ0n) is 6.75. The van der Waals surface area contributed by atoms with E-state index in [2.05, 4.69) is 5.73 Å². The van der Waals surface area contributed by atoms with Gasteiger partial charge in [0, 0.05) is 0 Å². The predicted octanol–water partition coefficient (Wildman–Crippen LogP) is -2.52. The van der Waals surface area contributed by atoms with Gasteiger partial charge in [-0.1, -0.05) is 6.92 Å². The average molecular weight is 237 g/mol. The Morgan fingerprint density at radius 1 is 1.54 bits per heavy atom. The van der Waals surface area contributed by atoms with E-state index in [4.69, 9.17) is 11.6 Å². The van der Waals surface area contributed by atoms with Crippen molar-refractivity contribution in [3.63, 3.8) is 0 Å². The lowest BCUT2D eigenvalue weighted by molar-refractivity contribution is -0.397. The first-order valence-electron chi connectivity index (χ1n) is 3.20. The fraction of sp³-hybridized carbons (Fsp3) is 0.500. The SMILES string of the molecule is CC/C=C(Cl)/[NH+]=C(/N)C(F)(F)F.[Cl-]. The number of halogens is 5. The van der Waals surface area contributed by atoms with Crippen LogP contribution in [0.4, 0.5) is 13.2 Å². The van der Waals surface area contributed by atoms with E-state index < -0.39 is 12.0 Å². The quantitative estimate of drug-likeness (QED) is 0.310. The molecule has 0 rings (SSSR count). The largest absolute Gasteiger partial charge is 1.00 e. The first-order valence-corrected chi connectivity index (χ1v) is 3.58. The number of hydrogen-bond donors (Lipinski definition) is 2. The van der Waals surface area contributed by atoms with E-state index in [9.17, 15) is 13.2 Å². The molecule has 0 amide bonds. The van der Waals surface area contributed by atoms with Gasteiger partial charge in [-0.25, -0.2) is 4.99 Å². The van der Waals surface area contributed by atoms with Crippen molar-refractivity contribution in [1.29, 1.82) is 0 Å². The second-order valence-corrected chi connectivity index (χ2v) is 2.40. The molecule has 0 aromatic carbocycles. The third kappa shape index (κ3) is 6.72. The maximum absolute atomic E-state index is 11.7. The van der Waals surface area contributed by atoms with Crippen molar-refractivity contribution >= 4 is 17.4 Å². The molecule has 0 radical (unpaired) electrons. The highest BCUT2D eigenvalue weighted by Crippen LogP contribution is 2.11.